The molecule has 249 valence electrons. The van der Waals surface area contributed by atoms with Crippen molar-refractivity contribution >= 4 is 68.9 Å². The predicted octanol–water partition coefficient (Wildman–Crippen LogP) is 8.10. The summed E-state index contributed by atoms with van der Waals surface area (Å²) in [7, 11) is 0. The fraction of sp³-hybridized carbons (Fsp3) is 1.00. The Morgan fingerprint density at radius 3 is 0.595 bits per heavy atom. The van der Waals surface area contributed by atoms with Crippen LogP contribution in [0.25, 0.3) is 0 Å². The van der Waals surface area contributed by atoms with Gasteiger partial charge in [-0.05, 0) is 0 Å². The SMILES string of the molecule is FC(F)(F)C(F)(F)C(F)(F)C(F)(F)C(F)(F)C(F)(F)COCC(F)(F)C(F)(F)C(F)(F)C(F)(F)C(F)(F)C(F)(F)F.[Cs]. The van der Waals surface area contributed by atoms with E-state index in [1.54, 1.807) is 0 Å². The van der Waals surface area contributed by atoms with Crippen LogP contribution in [0.2, 0.25) is 0 Å². The molecule has 0 aromatic rings. The molecule has 0 fully saturated rings. The van der Waals surface area contributed by atoms with Gasteiger partial charge in [-0.15, -0.1) is 0 Å². The van der Waals surface area contributed by atoms with Gasteiger partial charge in [-0.3, -0.25) is 0 Å². The van der Waals surface area contributed by atoms with E-state index >= 15 is 0 Å². The Kier molecular flexibility index (Phi) is 12.4. The molecule has 0 aromatic carbocycles. The third-order valence-electron chi connectivity index (χ3n) is 4.56. The standard InChI is InChI=1S/C14H4F26O.Cs/c15-3(16,5(19,20)7(23,24)9(27,28)11(31,32)13(35,36)37)1-41-2-4(17,18)6(21,22)8(25,26)10(29,30)12(33,34)14(38,39)40;/h1-2H2;. The molecule has 42 heavy (non-hydrogen) atoms. The zero-order chi connectivity index (χ0) is 34.1. The Morgan fingerprint density at radius 2 is 0.429 bits per heavy atom. The van der Waals surface area contributed by atoms with Crippen molar-refractivity contribution < 1.29 is 119 Å². The van der Waals surface area contributed by atoms with Crippen molar-refractivity contribution in [2.45, 2.75) is 71.6 Å². The predicted molar refractivity (Wildman–Crippen MR) is 78.2 cm³/mol. The van der Waals surface area contributed by atoms with E-state index in [-0.39, 0.29) is 68.9 Å². The van der Waals surface area contributed by atoms with E-state index in [1.807, 2.05) is 0 Å². The molecule has 0 spiro atoms. The van der Waals surface area contributed by atoms with Gasteiger partial charge in [0, 0.05) is 68.9 Å². The summed E-state index contributed by atoms with van der Waals surface area (Å²) >= 11 is 0. The topological polar surface area (TPSA) is 9.23 Å². The van der Waals surface area contributed by atoms with Crippen molar-refractivity contribution in [2.24, 2.45) is 0 Å². The molecule has 0 aromatic heterocycles. The van der Waals surface area contributed by atoms with E-state index in [0.29, 0.717) is 0 Å². The second-order valence-electron chi connectivity index (χ2n) is 7.49. The van der Waals surface area contributed by atoms with Crippen LogP contribution in [0.4, 0.5) is 114 Å². The second kappa shape index (κ2) is 11.8. The Hall–Kier alpha value is 0.192. The summed E-state index contributed by atoms with van der Waals surface area (Å²) in [6.07, 6.45) is -15.8. The molecule has 0 aliphatic rings. The van der Waals surface area contributed by atoms with E-state index in [1.165, 1.54) is 0 Å². The molecule has 0 saturated heterocycles. The number of alkyl halides is 26. The second-order valence-corrected chi connectivity index (χ2v) is 7.49. The Balaban J connectivity index is 0. The molecule has 0 heterocycles. The van der Waals surface area contributed by atoms with Gasteiger partial charge >= 0.3 is 71.6 Å². The first-order valence-electron chi connectivity index (χ1n) is 8.70. The van der Waals surface area contributed by atoms with Gasteiger partial charge in [0.15, 0.2) is 0 Å². The number of hydrogen-bond donors (Lipinski definition) is 0. The molecule has 0 atom stereocenters. The van der Waals surface area contributed by atoms with Crippen molar-refractivity contribution in [1.29, 1.82) is 0 Å². The van der Waals surface area contributed by atoms with Gasteiger partial charge in [0.1, 0.15) is 13.2 Å². The van der Waals surface area contributed by atoms with Crippen LogP contribution in [0, 0.1) is 0 Å². The summed E-state index contributed by atoms with van der Waals surface area (Å²) in [6.45, 7) is -8.48. The molecule has 0 amide bonds. The maximum atomic E-state index is 13.4. The quantitative estimate of drug-likeness (QED) is 0.181. The van der Waals surface area contributed by atoms with Gasteiger partial charge in [0.25, 0.3) is 0 Å². The van der Waals surface area contributed by atoms with Crippen molar-refractivity contribution in [3.05, 3.63) is 0 Å². The summed E-state index contributed by atoms with van der Waals surface area (Å²) in [5.41, 5.74) is 0. The smallest absolute Gasteiger partial charge is 0.368 e. The van der Waals surface area contributed by atoms with Gasteiger partial charge in [-0.1, -0.05) is 0 Å². The first kappa shape index (κ1) is 44.3. The first-order chi connectivity index (χ1) is 17.2. The third-order valence-corrected chi connectivity index (χ3v) is 4.56. The minimum atomic E-state index is -8.57. The van der Waals surface area contributed by atoms with Crippen LogP contribution >= 0.6 is 0 Å². The van der Waals surface area contributed by atoms with Crippen molar-refractivity contribution in [2.75, 3.05) is 13.2 Å². The Morgan fingerprint density at radius 1 is 0.262 bits per heavy atom. The molecule has 0 aliphatic carbocycles. The summed E-state index contributed by atoms with van der Waals surface area (Å²) < 4.78 is 336. The van der Waals surface area contributed by atoms with Crippen molar-refractivity contribution in [3.63, 3.8) is 0 Å². The molecule has 0 rings (SSSR count). The molecular formula is C14H4CsF26O. The maximum absolute atomic E-state index is 13.4. The molecule has 0 unspecified atom stereocenters. The van der Waals surface area contributed by atoms with Crippen LogP contribution in [-0.4, -0.2) is 154 Å². The molecule has 0 N–H and O–H groups in total. The van der Waals surface area contributed by atoms with E-state index < -0.39 is 84.8 Å². The molecular weight excluding hydrogens is 811 g/mol. The average molecular weight is 815 g/mol. The van der Waals surface area contributed by atoms with Gasteiger partial charge in [-0.2, -0.15) is 114 Å². The minimum absolute atomic E-state index is 0. The van der Waals surface area contributed by atoms with Crippen LogP contribution in [0.1, 0.15) is 0 Å². The normalized spacial score (nSPS) is 16.4. The largest absolute Gasteiger partial charge is 0.460 e. The summed E-state index contributed by atoms with van der Waals surface area (Å²) in [5, 5.41) is 0. The minimum Gasteiger partial charge on any atom is -0.368 e. The summed E-state index contributed by atoms with van der Waals surface area (Å²) in [4.78, 5) is 0. The van der Waals surface area contributed by atoms with Gasteiger partial charge in [0.05, 0.1) is 0 Å². The zero-order valence-corrected chi connectivity index (χ0v) is 24.9. The molecule has 1 radical (unpaired) electrons. The molecule has 0 aliphatic heterocycles. The zero-order valence-electron chi connectivity index (χ0n) is 18.6. The Bertz CT molecular complexity index is 852. The number of rotatable bonds is 12. The monoisotopic (exact) mass is 815 g/mol. The van der Waals surface area contributed by atoms with Crippen molar-refractivity contribution in [3.8, 4) is 0 Å². The van der Waals surface area contributed by atoms with E-state index in [4.69, 9.17) is 0 Å². The van der Waals surface area contributed by atoms with E-state index in [9.17, 15) is 114 Å². The van der Waals surface area contributed by atoms with E-state index in [2.05, 4.69) is 4.74 Å². The fourth-order valence-corrected chi connectivity index (χ4v) is 2.09. The Labute approximate surface area is 270 Å². The van der Waals surface area contributed by atoms with Crippen LogP contribution in [-0.2, 0) is 4.74 Å². The van der Waals surface area contributed by atoms with Crippen LogP contribution in [0.3, 0.4) is 0 Å². The molecule has 0 saturated carbocycles. The molecule has 0 bridgehead atoms. The molecule has 28 heteroatoms. The fourth-order valence-electron chi connectivity index (χ4n) is 2.09. The van der Waals surface area contributed by atoms with Crippen LogP contribution in [0.5, 0.6) is 0 Å². The summed E-state index contributed by atoms with van der Waals surface area (Å²) in [5.74, 6) is -82.3. The number of ether oxygens (including phenoxy) is 1. The third kappa shape index (κ3) is 6.40. The van der Waals surface area contributed by atoms with Crippen molar-refractivity contribution in [1.82, 2.24) is 0 Å². The van der Waals surface area contributed by atoms with Gasteiger partial charge in [0.2, 0.25) is 0 Å². The maximum Gasteiger partial charge on any atom is 0.460 e. The first-order valence-corrected chi connectivity index (χ1v) is 8.70. The molecule has 1 nitrogen and oxygen atoms in total. The van der Waals surface area contributed by atoms with Gasteiger partial charge < -0.3 is 4.74 Å². The van der Waals surface area contributed by atoms with Crippen LogP contribution < -0.4 is 0 Å². The average Bonchev–Trinajstić information content (AvgIpc) is 2.70. The van der Waals surface area contributed by atoms with E-state index in [0.717, 1.165) is 0 Å². The summed E-state index contributed by atoms with van der Waals surface area (Å²) in [6, 6.07) is 0. The number of halogens is 26. The van der Waals surface area contributed by atoms with Gasteiger partial charge in [-0.25, -0.2) is 0 Å². The number of hydrogen-bond acceptors (Lipinski definition) is 1. The van der Waals surface area contributed by atoms with Crippen LogP contribution in [0.15, 0.2) is 0 Å².